The Morgan fingerprint density at radius 3 is 1.43 bits per heavy atom. The molecule has 0 aliphatic heterocycles. The van der Waals surface area contributed by atoms with E-state index >= 15 is 0 Å². The zero-order valence-corrected chi connectivity index (χ0v) is 19.9. The van der Waals surface area contributed by atoms with Gasteiger partial charge in [0.1, 0.15) is 34.1 Å². The van der Waals surface area contributed by atoms with Gasteiger partial charge in [0.05, 0.1) is 5.56 Å². The number of hydrogen-bond acceptors (Lipinski definition) is 4. The summed E-state index contributed by atoms with van der Waals surface area (Å²) in [5, 5.41) is 0. The van der Waals surface area contributed by atoms with Crippen LogP contribution in [0.5, 0.6) is 23.0 Å². The zero-order valence-electron chi connectivity index (χ0n) is 19.9. The van der Waals surface area contributed by atoms with Crippen LogP contribution >= 0.6 is 0 Å². The molecule has 0 saturated carbocycles. The summed E-state index contributed by atoms with van der Waals surface area (Å²) in [5.74, 6) is -1.77. The normalized spacial score (nSPS) is 12.3. The van der Waals surface area contributed by atoms with Crippen molar-refractivity contribution in [3.8, 4) is 34.1 Å². The van der Waals surface area contributed by atoms with Gasteiger partial charge in [-0.3, -0.25) is 0 Å². The smallest absolute Gasteiger partial charge is 0.420 e. The second-order valence-corrected chi connectivity index (χ2v) is 8.44. The van der Waals surface area contributed by atoms with Crippen LogP contribution in [0.1, 0.15) is 16.7 Å². The Morgan fingerprint density at radius 2 is 0.950 bits per heavy atom. The molecule has 0 unspecified atom stereocenters. The van der Waals surface area contributed by atoms with Crippen LogP contribution in [0.15, 0.2) is 78.9 Å². The van der Waals surface area contributed by atoms with Gasteiger partial charge in [-0.1, -0.05) is 12.1 Å². The molecule has 0 aliphatic rings. The number of ether oxygens (including phenoxy) is 2. The Balaban J connectivity index is 1.82. The first-order valence-electron chi connectivity index (χ1n) is 11.1. The van der Waals surface area contributed by atoms with Gasteiger partial charge in [-0.05, 0) is 72.3 Å². The molecule has 0 saturated heterocycles. The minimum Gasteiger partial charge on any atom is -0.457 e. The molecule has 0 aliphatic carbocycles. The van der Waals surface area contributed by atoms with Crippen LogP contribution in [0.4, 0.5) is 50.9 Å². The van der Waals surface area contributed by atoms with Crippen molar-refractivity contribution in [3.05, 3.63) is 95.6 Å². The van der Waals surface area contributed by atoms with Crippen LogP contribution in [-0.2, 0) is 18.5 Å². The Bertz CT molecular complexity index is 1530. The average Bonchev–Trinajstić information content (AvgIpc) is 2.85. The fourth-order valence-electron chi connectivity index (χ4n) is 3.69. The van der Waals surface area contributed by atoms with Crippen molar-refractivity contribution < 1.29 is 49.0 Å². The Hall–Kier alpha value is -4.55. The highest BCUT2D eigenvalue weighted by atomic mass is 19.4. The molecule has 13 heteroatoms. The molecule has 4 N–H and O–H groups in total. The molecule has 0 atom stereocenters. The zero-order chi connectivity index (χ0) is 29.5. The van der Waals surface area contributed by atoms with Crippen molar-refractivity contribution in [2.45, 2.75) is 18.5 Å². The van der Waals surface area contributed by atoms with Gasteiger partial charge in [0.15, 0.2) is 0 Å². The fraction of sp³-hybridized carbons (Fsp3) is 0.111. The highest BCUT2D eigenvalue weighted by Gasteiger charge is 2.36. The van der Waals surface area contributed by atoms with E-state index in [4.69, 9.17) is 20.9 Å². The third-order valence-corrected chi connectivity index (χ3v) is 5.54. The van der Waals surface area contributed by atoms with Gasteiger partial charge in [0, 0.05) is 16.9 Å². The number of alkyl halides is 9. The maximum atomic E-state index is 13.6. The minimum atomic E-state index is -4.87. The highest BCUT2D eigenvalue weighted by Crippen LogP contribution is 2.44. The van der Waals surface area contributed by atoms with E-state index in [0.29, 0.717) is 12.1 Å². The first-order valence-corrected chi connectivity index (χ1v) is 11.1. The molecule has 0 fully saturated rings. The number of rotatable bonds is 5. The summed E-state index contributed by atoms with van der Waals surface area (Å²) in [7, 11) is 0. The lowest BCUT2D eigenvalue weighted by atomic mass is 10.0. The summed E-state index contributed by atoms with van der Waals surface area (Å²) in [5.41, 5.74) is 7.13. The maximum Gasteiger partial charge on any atom is 0.420 e. The minimum absolute atomic E-state index is 0.0470. The molecular formula is C27H17F9N2O2. The standard InChI is InChI=1S/C27H17F9N2O2/c28-25(29,30)15-3-1-14(2-4-15)19-13-18(39-23-8-5-16(37)11-20(23)26(31,32)33)7-10-22(19)40-24-9-6-17(38)12-21(24)27(34,35)36/h1-13H,37-38H2. The average molecular weight is 572 g/mol. The number of nitrogen functional groups attached to an aromatic ring is 2. The molecule has 0 amide bonds. The number of anilines is 2. The first-order chi connectivity index (χ1) is 18.5. The van der Waals surface area contributed by atoms with Crippen LogP contribution in [0.3, 0.4) is 0 Å². The van der Waals surface area contributed by atoms with E-state index in [9.17, 15) is 39.5 Å². The topological polar surface area (TPSA) is 70.5 Å². The van der Waals surface area contributed by atoms with E-state index < -0.39 is 46.7 Å². The van der Waals surface area contributed by atoms with Gasteiger partial charge in [-0.15, -0.1) is 0 Å². The Labute approximate surface area is 220 Å². The van der Waals surface area contributed by atoms with Crippen LogP contribution in [0.25, 0.3) is 11.1 Å². The molecule has 40 heavy (non-hydrogen) atoms. The number of hydrogen-bond donors (Lipinski definition) is 2. The van der Waals surface area contributed by atoms with Crippen molar-refractivity contribution in [3.63, 3.8) is 0 Å². The molecule has 0 spiro atoms. The lowest BCUT2D eigenvalue weighted by Crippen LogP contribution is -2.08. The van der Waals surface area contributed by atoms with Gasteiger partial charge in [0.25, 0.3) is 0 Å². The van der Waals surface area contributed by atoms with Crippen LogP contribution < -0.4 is 20.9 Å². The molecule has 4 rings (SSSR count). The lowest BCUT2D eigenvalue weighted by molar-refractivity contribution is -0.139. The number of nitrogens with two attached hydrogens (primary N) is 2. The van der Waals surface area contributed by atoms with Crippen LogP contribution in [0.2, 0.25) is 0 Å². The Kier molecular flexibility index (Phi) is 7.26. The third-order valence-electron chi connectivity index (χ3n) is 5.54. The second kappa shape index (κ2) is 10.2. The third kappa shape index (κ3) is 6.35. The van der Waals surface area contributed by atoms with E-state index in [-0.39, 0.29) is 34.0 Å². The summed E-state index contributed by atoms with van der Waals surface area (Å²) in [4.78, 5) is 0. The van der Waals surface area contributed by atoms with Crippen LogP contribution in [0, 0.1) is 0 Å². The van der Waals surface area contributed by atoms with Crippen molar-refractivity contribution >= 4 is 11.4 Å². The van der Waals surface area contributed by atoms with Gasteiger partial charge in [0.2, 0.25) is 0 Å². The lowest BCUT2D eigenvalue weighted by Gasteiger charge is -2.19. The molecule has 4 aromatic rings. The monoisotopic (exact) mass is 572 g/mol. The van der Waals surface area contributed by atoms with E-state index in [0.717, 1.165) is 60.7 Å². The molecule has 210 valence electrons. The van der Waals surface area contributed by atoms with Crippen LogP contribution in [-0.4, -0.2) is 0 Å². The molecule has 4 aromatic carbocycles. The maximum absolute atomic E-state index is 13.6. The van der Waals surface area contributed by atoms with Crippen molar-refractivity contribution in [1.82, 2.24) is 0 Å². The predicted octanol–water partition coefficient (Wildman–Crippen LogP) is 9.16. The number of halogens is 9. The molecule has 4 nitrogen and oxygen atoms in total. The first kappa shape index (κ1) is 28.5. The molecule has 0 radical (unpaired) electrons. The van der Waals surface area contributed by atoms with E-state index in [1.54, 1.807) is 0 Å². The van der Waals surface area contributed by atoms with Crippen molar-refractivity contribution in [1.29, 1.82) is 0 Å². The second-order valence-electron chi connectivity index (χ2n) is 8.44. The van der Waals surface area contributed by atoms with Gasteiger partial charge in [-0.25, -0.2) is 0 Å². The summed E-state index contributed by atoms with van der Waals surface area (Å²) in [6.07, 6.45) is -14.4. The molecule has 0 bridgehead atoms. The quantitative estimate of drug-likeness (QED) is 0.185. The summed E-state index contributed by atoms with van der Waals surface area (Å²) < 4.78 is 132. The summed E-state index contributed by atoms with van der Waals surface area (Å²) >= 11 is 0. The molecule has 0 heterocycles. The van der Waals surface area contributed by atoms with Gasteiger partial charge in [-0.2, -0.15) is 39.5 Å². The van der Waals surface area contributed by atoms with Gasteiger partial charge >= 0.3 is 18.5 Å². The van der Waals surface area contributed by atoms with Crippen molar-refractivity contribution in [2.24, 2.45) is 0 Å². The van der Waals surface area contributed by atoms with E-state index in [1.165, 1.54) is 6.07 Å². The number of benzene rings is 4. The van der Waals surface area contributed by atoms with Gasteiger partial charge < -0.3 is 20.9 Å². The van der Waals surface area contributed by atoms with E-state index in [2.05, 4.69) is 0 Å². The summed E-state index contributed by atoms with van der Waals surface area (Å²) in [6, 6.07) is 12.5. The van der Waals surface area contributed by atoms with Crippen molar-refractivity contribution in [2.75, 3.05) is 11.5 Å². The SMILES string of the molecule is Nc1ccc(Oc2ccc(Oc3ccc(N)cc3C(F)(F)F)c(-c3ccc(C(F)(F)F)cc3)c2)c(C(F)(F)F)c1. The largest absolute Gasteiger partial charge is 0.457 e. The van der Waals surface area contributed by atoms with E-state index in [1.807, 2.05) is 0 Å². The Morgan fingerprint density at radius 1 is 0.475 bits per heavy atom. The summed E-state index contributed by atoms with van der Waals surface area (Å²) in [6.45, 7) is 0. The fourth-order valence-corrected chi connectivity index (χ4v) is 3.69. The highest BCUT2D eigenvalue weighted by molar-refractivity contribution is 5.73. The molecule has 0 aromatic heterocycles. The molecular weight excluding hydrogens is 555 g/mol. The predicted molar refractivity (Wildman–Crippen MR) is 129 cm³/mol.